The first kappa shape index (κ1) is 21.2. The van der Waals surface area contributed by atoms with E-state index in [0.717, 1.165) is 60.6 Å². The second-order valence-electron chi connectivity index (χ2n) is 7.57. The van der Waals surface area contributed by atoms with Crippen LogP contribution >= 0.6 is 0 Å². The van der Waals surface area contributed by atoms with E-state index >= 15 is 0 Å². The lowest BCUT2D eigenvalue weighted by atomic mass is 10.1. The van der Waals surface area contributed by atoms with Crippen LogP contribution in [0.5, 0.6) is 5.88 Å². The SMILES string of the molecule is CCc1cc2ncc(CN3CCN(c4ccc(OCC(F)F)nc4)CC3)cc2[nH]c1=O. The van der Waals surface area contributed by atoms with Gasteiger partial charge in [-0.25, -0.2) is 13.8 Å². The average Bonchev–Trinajstić information content (AvgIpc) is 2.78. The number of ether oxygens (including phenoxy) is 1. The second kappa shape index (κ2) is 9.38. The van der Waals surface area contributed by atoms with Gasteiger partial charge in [0.05, 0.1) is 22.9 Å². The number of nitrogens with zero attached hydrogens (tertiary/aromatic N) is 4. The van der Waals surface area contributed by atoms with E-state index in [4.69, 9.17) is 4.74 Å². The van der Waals surface area contributed by atoms with Gasteiger partial charge in [0.25, 0.3) is 12.0 Å². The number of hydrogen-bond donors (Lipinski definition) is 1. The lowest BCUT2D eigenvalue weighted by molar-refractivity contribution is 0.0796. The summed E-state index contributed by atoms with van der Waals surface area (Å²) in [5, 5.41) is 0. The van der Waals surface area contributed by atoms with Crippen molar-refractivity contribution in [1.29, 1.82) is 0 Å². The molecule has 0 amide bonds. The zero-order valence-corrected chi connectivity index (χ0v) is 17.4. The van der Waals surface area contributed by atoms with Crippen LogP contribution in [-0.2, 0) is 13.0 Å². The summed E-state index contributed by atoms with van der Waals surface area (Å²) in [4.78, 5) is 28.2. The first-order valence-electron chi connectivity index (χ1n) is 10.4. The molecule has 0 bridgehead atoms. The topological polar surface area (TPSA) is 74.4 Å². The number of nitrogens with one attached hydrogen (secondary N) is 1. The summed E-state index contributed by atoms with van der Waals surface area (Å²) in [6, 6.07) is 7.32. The molecule has 1 N–H and O–H groups in total. The van der Waals surface area contributed by atoms with Crippen molar-refractivity contribution >= 4 is 16.7 Å². The van der Waals surface area contributed by atoms with E-state index in [1.165, 1.54) is 0 Å². The van der Waals surface area contributed by atoms with Crippen LogP contribution in [0.15, 0.2) is 41.5 Å². The zero-order valence-electron chi connectivity index (χ0n) is 17.4. The highest BCUT2D eigenvalue weighted by Crippen LogP contribution is 2.20. The van der Waals surface area contributed by atoms with Crippen LogP contribution in [0.1, 0.15) is 18.1 Å². The summed E-state index contributed by atoms with van der Waals surface area (Å²) in [7, 11) is 0. The third-order valence-corrected chi connectivity index (χ3v) is 5.43. The predicted octanol–water partition coefficient (Wildman–Crippen LogP) is 2.85. The first-order chi connectivity index (χ1) is 15.0. The number of alkyl halides is 2. The fourth-order valence-electron chi connectivity index (χ4n) is 3.73. The van der Waals surface area contributed by atoms with E-state index in [2.05, 4.69) is 24.8 Å². The number of fused-ring (bicyclic) bond motifs is 1. The van der Waals surface area contributed by atoms with Crippen molar-refractivity contribution in [2.75, 3.05) is 37.7 Å². The molecule has 0 saturated carbocycles. The van der Waals surface area contributed by atoms with Crippen molar-refractivity contribution < 1.29 is 13.5 Å². The molecule has 1 aliphatic rings. The highest BCUT2D eigenvalue weighted by atomic mass is 19.3. The Hall–Kier alpha value is -3.07. The van der Waals surface area contributed by atoms with E-state index in [0.29, 0.717) is 6.42 Å². The molecular weight excluding hydrogens is 404 g/mol. The number of aromatic amines is 1. The molecule has 0 unspecified atom stereocenters. The maximum Gasteiger partial charge on any atom is 0.272 e. The van der Waals surface area contributed by atoms with Crippen molar-refractivity contribution in [3.8, 4) is 5.88 Å². The number of pyridine rings is 3. The average molecular weight is 429 g/mol. The number of anilines is 1. The Morgan fingerprint density at radius 1 is 1.13 bits per heavy atom. The Morgan fingerprint density at radius 2 is 1.94 bits per heavy atom. The smallest absolute Gasteiger partial charge is 0.272 e. The monoisotopic (exact) mass is 429 g/mol. The molecule has 0 atom stereocenters. The quantitative estimate of drug-likeness (QED) is 0.623. The fourth-order valence-corrected chi connectivity index (χ4v) is 3.73. The Balaban J connectivity index is 1.34. The summed E-state index contributed by atoms with van der Waals surface area (Å²) < 4.78 is 29.4. The third kappa shape index (κ3) is 5.16. The van der Waals surface area contributed by atoms with Gasteiger partial charge < -0.3 is 14.6 Å². The van der Waals surface area contributed by atoms with Gasteiger partial charge >= 0.3 is 0 Å². The van der Waals surface area contributed by atoms with Gasteiger partial charge in [-0.05, 0) is 30.2 Å². The van der Waals surface area contributed by atoms with Crippen LogP contribution in [0, 0.1) is 0 Å². The van der Waals surface area contributed by atoms with Crippen LogP contribution in [0.3, 0.4) is 0 Å². The van der Waals surface area contributed by atoms with Gasteiger partial charge in [-0.2, -0.15) is 0 Å². The second-order valence-corrected chi connectivity index (χ2v) is 7.57. The molecule has 4 rings (SSSR count). The van der Waals surface area contributed by atoms with E-state index in [-0.39, 0.29) is 11.4 Å². The van der Waals surface area contributed by atoms with Crippen molar-refractivity contribution in [1.82, 2.24) is 19.9 Å². The predicted molar refractivity (Wildman–Crippen MR) is 115 cm³/mol. The van der Waals surface area contributed by atoms with Crippen LogP contribution < -0.4 is 15.2 Å². The maximum absolute atomic E-state index is 12.2. The number of H-pyrrole nitrogens is 1. The Bertz CT molecular complexity index is 1080. The molecule has 3 aromatic rings. The van der Waals surface area contributed by atoms with Crippen LogP contribution in [0.2, 0.25) is 0 Å². The molecule has 9 heteroatoms. The molecule has 0 aromatic carbocycles. The van der Waals surface area contributed by atoms with E-state index in [9.17, 15) is 13.6 Å². The van der Waals surface area contributed by atoms with Crippen molar-refractivity contribution in [2.24, 2.45) is 0 Å². The highest BCUT2D eigenvalue weighted by molar-refractivity contribution is 5.74. The summed E-state index contributed by atoms with van der Waals surface area (Å²) in [6.45, 7) is 5.46. The summed E-state index contributed by atoms with van der Waals surface area (Å²) in [6.07, 6.45) is 1.69. The van der Waals surface area contributed by atoms with E-state index < -0.39 is 13.0 Å². The van der Waals surface area contributed by atoms with E-state index in [1.54, 1.807) is 12.3 Å². The summed E-state index contributed by atoms with van der Waals surface area (Å²) >= 11 is 0. The molecule has 31 heavy (non-hydrogen) atoms. The van der Waals surface area contributed by atoms with Crippen LogP contribution in [0.4, 0.5) is 14.5 Å². The van der Waals surface area contributed by atoms with Crippen molar-refractivity contribution in [2.45, 2.75) is 26.3 Å². The van der Waals surface area contributed by atoms with Gasteiger partial charge in [-0.15, -0.1) is 0 Å². The summed E-state index contributed by atoms with van der Waals surface area (Å²) in [5.41, 5.74) is 4.26. The van der Waals surface area contributed by atoms with Gasteiger partial charge in [0.1, 0.15) is 0 Å². The molecule has 1 aliphatic heterocycles. The fraction of sp³-hybridized carbons (Fsp3) is 0.409. The zero-order chi connectivity index (χ0) is 21.8. The lowest BCUT2D eigenvalue weighted by Crippen LogP contribution is -2.46. The molecule has 0 aliphatic carbocycles. The van der Waals surface area contributed by atoms with Crippen LogP contribution in [0.25, 0.3) is 11.0 Å². The van der Waals surface area contributed by atoms with Gasteiger partial charge in [-0.1, -0.05) is 6.92 Å². The Kier molecular flexibility index (Phi) is 6.41. The number of hydrogen-bond acceptors (Lipinski definition) is 6. The molecule has 1 fully saturated rings. The van der Waals surface area contributed by atoms with Crippen molar-refractivity contribution in [3.05, 3.63) is 58.1 Å². The minimum Gasteiger partial charge on any atom is -0.472 e. The largest absolute Gasteiger partial charge is 0.472 e. The molecule has 7 nitrogen and oxygen atoms in total. The Labute approximate surface area is 178 Å². The summed E-state index contributed by atoms with van der Waals surface area (Å²) in [5.74, 6) is 0.204. The number of aromatic nitrogens is 3. The highest BCUT2D eigenvalue weighted by Gasteiger charge is 2.18. The minimum absolute atomic E-state index is 0.0539. The van der Waals surface area contributed by atoms with Gasteiger partial charge in [0.15, 0.2) is 6.61 Å². The minimum atomic E-state index is -2.51. The molecule has 164 valence electrons. The number of aryl methyl sites for hydroxylation is 1. The Morgan fingerprint density at radius 3 is 2.61 bits per heavy atom. The molecule has 0 radical (unpaired) electrons. The maximum atomic E-state index is 12.2. The molecule has 3 aromatic heterocycles. The van der Waals surface area contributed by atoms with Gasteiger partial charge in [0.2, 0.25) is 5.88 Å². The lowest BCUT2D eigenvalue weighted by Gasteiger charge is -2.36. The van der Waals surface area contributed by atoms with Gasteiger partial charge in [0, 0.05) is 50.6 Å². The number of piperazine rings is 1. The molecular formula is C22H25F2N5O2. The first-order valence-corrected chi connectivity index (χ1v) is 10.4. The number of halogens is 2. The standard InChI is InChI=1S/C22H25F2N5O2/c1-2-16-10-18-19(27-22(16)30)9-15(11-25-18)13-28-5-7-29(8-6-28)17-3-4-21(26-12-17)31-14-20(23)24/h3-4,9-12,20H,2,5-8,13-14H2,1H3,(H,27,30). The normalized spacial score (nSPS) is 15.0. The van der Waals surface area contributed by atoms with E-state index in [1.807, 2.05) is 31.3 Å². The van der Waals surface area contributed by atoms with Gasteiger partial charge in [-0.3, -0.25) is 14.7 Å². The van der Waals surface area contributed by atoms with Crippen LogP contribution in [-0.4, -0.2) is 59.1 Å². The molecule has 4 heterocycles. The molecule has 1 saturated heterocycles. The number of rotatable bonds is 7. The van der Waals surface area contributed by atoms with Crippen molar-refractivity contribution in [3.63, 3.8) is 0 Å². The molecule has 0 spiro atoms. The third-order valence-electron chi connectivity index (χ3n) is 5.43.